The van der Waals surface area contributed by atoms with Gasteiger partial charge in [0.2, 0.25) is 5.91 Å². The maximum absolute atomic E-state index is 13.3. The number of benzene rings is 1. The Morgan fingerprint density at radius 2 is 1.76 bits per heavy atom. The molecule has 0 spiro atoms. The van der Waals surface area contributed by atoms with E-state index >= 15 is 0 Å². The number of furan rings is 1. The Bertz CT molecular complexity index is 905. The first-order chi connectivity index (χ1) is 14.0. The summed E-state index contributed by atoms with van der Waals surface area (Å²) >= 11 is 0. The summed E-state index contributed by atoms with van der Waals surface area (Å²) in [5.41, 5.74) is 6.16. The van der Waals surface area contributed by atoms with Crippen LogP contribution >= 0.6 is 0 Å². The van der Waals surface area contributed by atoms with Crippen LogP contribution in [-0.4, -0.2) is 18.9 Å². The molecular weight excluding hydrogens is 368 g/mol. The van der Waals surface area contributed by atoms with Gasteiger partial charge in [-0.2, -0.15) is 0 Å². The number of amides is 2. The Morgan fingerprint density at radius 3 is 2.38 bits per heavy atom. The van der Waals surface area contributed by atoms with Gasteiger partial charge in [0.05, 0.1) is 18.8 Å². The van der Waals surface area contributed by atoms with Crippen molar-refractivity contribution in [2.24, 2.45) is 17.3 Å². The van der Waals surface area contributed by atoms with Crippen molar-refractivity contribution in [3.8, 4) is 5.75 Å². The fraction of sp³-hybridized carbons (Fsp3) is 0.478. The molecule has 4 bridgehead atoms. The summed E-state index contributed by atoms with van der Waals surface area (Å²) in [4.78, 5) is 25.4. The molecule has 29 heavy (non-hydrogen) atoms. The molecule has 0 saturated heterocycles. The van der Waals surface area contributed by atoms with Gasteiger partial charge in [-0.15, -0.1) is 0 Å². The molecule has 2 unspecified atom stereocenters. The smallest absolute Gasteiger partial charge is 0.305 e. The summed E-state index contributed by atoms with van der Waals surface area (Å²) < 4.78 is 10.4. The van der Waals surface area contributed by atoms with E-state index < -0.39 is 11.3 Å². The van der Waals surface area contributed by atoms with Gasteiger partial charge in [-0.05, 0) is 85.6 Å². The summed E-state index contributed by atoms with van der Waals surface area (Å²) in [6.45, 7) is 0. The quantitative estimate of drug-likeness (QED) is 0.777. The minimum Gasteiger partial charge on any atom is -0.497 e. The van der Waals surface area contributed by atoms with E-state index in [0.717, 1.165) is 37.9 Å². The number of hydrogen-bond donors (Lipinski definition) is 2. The summed E-state index contributed by atoms with van der Waals surface area (Å²) in [7, 11) is 1.68. The van der Waals surface area contributed by atoms with Gasteiger partial charge in [0.15, 0.2) is 5.76 Å². The van der Waals surface area contributed by atoms with Crippen LogP contribution in [0.15, 0.2) is 47.1 Å². The molecule has 4 fully saturated rings. The maximum atomic E-state index is 13.3. The zero-order chi connectivity index (χ0) is 20.1. The van der Waals surface area contributed by atoms with Crippen LogP contribution < -0.4 is 15.6 Å². The van der Waals surface area contributed by atoms with E-state index in [9.17, 15) is 9.59 Å². The first-order valence-electron chi connectivity index (χ1n) is 10.3. The third-order valence-corrected chi connectivity index (χ3v) is 7.28. The van der Waals surface area contributed by atoms with Crippen molar-refractivity contribution in [3.63, 3.8) is 0 Å². The second-order valence-corrected chi connectivity index (χ2v) is 9.14. The number of ether oxygens (including phenoxy) is 1. The molecule has 2 atom stereocenters. The molecule has 6 heteroatoms. The standard InChI is InChI=1S/C23H26N2O4/c1-28-18-6-4-17(5-7-18)22-10-15-9-16(11-22)13-23(12-15,14-22)21(27)25-24-20(26)19-3-2-8-29-19/h2-8,15-16H,9-14H2,1H3,(H,24,26)(H,25,27). The molecule has 0 aliphatic heterocycles. The predicted molar refractivity (Wildman–Crippen MR) is 106 cm³/mol. The highest BCUT2D eigenvalue weighted by Crippen LogP contribution is 2.65. The molecular formula is C23H26N2O4. The number of methoxy groups -OCH3 is 1. The molecule has 1 aromatic carbocycles. The van der Waals surface area contributed by atoms with Crippen LogP contribution in [0.2, 0.25) is 0 Å². The average Bonchev–Trinajstić information content (AvgIpc) is 3.26. The normalized spacial score (nSPS) is 32.0. The fourth-order valence-corrected chi connectivity index (χ4v) is 6.53. The van der Waals surface area contributed by atoms with Crippen LogP contribution in [0.1, 0.15) is 54.6 Å². The van der Waals surface area contributed by atoms with E-state index in [2.05, 4.69) is 23.0 Å². The minimum absolute atomic E-state index is 0.0404. The summed E-state index contributed by atoms with van der Waals surface area (Å²) in [6, 6.07) is 11.6. The molecule has 0 radical (unpaired) electrons. The van der Waals surface area contributed by atoms with Gasteiger partial charge in [0.1, 0.15) is 5.75 Å². The van der Waals surface area contributed by atoms with Crippen molar-refractivity contribution < 1.29 is 18.7 Å². The van der Waals surface area contributed by atoms with E-state index in [1.54, 1.807) is 19.2 Å². The molecule has 2 N–H and O–H groups in total. The summed E-state index contributed by atoms with van der Waals surface area (Å²) in [6.07, 6.45) is 7.59. The van der Waals surface area contributed by atoms with E-state index in [1.165, 1.54) is 18.2 Å². The number of carbonyl (C=O) groups is 2. The summed E-state index contributed by atoms with van der Waals surface area (Å²) in [5.74, 6) is 1.66. The van der Waals surface area contributed by atoms with Crippen LogP contribution in [0, 0.1) is 17.3 Å². The lowest BCUT2D eigenvalue weighted by atomic mass is 9.42. The molecule has 4 aliphatic carbocycles. The minimum atomic E-state index is -0.432. The summed E-state index contributed by atoms with van der Waals surface area (Å²) in [5, 5.41) is 0. The molecule has 4 aliphatic rings. The number of hydrazine groups is 1. The van der Waals surface area contributed by atoms with E-state index in [4.69, 9.17) is 9.15 Å². The van der Waals surface area contributed by atoms with Crippen LogP contribution in [0.4, 0.5) is 0 Å². The molecule has 6 nitrogen and oxygen atoms in total. The lowest BCUT2D eigenvalue weighted by Crippen LogP contribution is -2.60. The predicted octanol–water partition coefficient (Wildman–Crippen LogP) is 3.59. The zero-order valence-corrected chi connectivity index (χ0v) is 16.6. The van der Waals surface area contributed by atoms with Gasteiger partial charge < -0.3 is 9.15 Å². The monoisotopic (exact) mass is 394 g/mol. The molecule has 152 valence electrons. The third kappa shape index (κ3) is 3.02. The second kappa shape index (κ2) is 6.65. The maximum Gasteiger partial charge on any atom is 0.305 e. The van der Waals surface area contributed by atoms with Crippen LogP contribution in [0.3, 0.4) is 0 Å². The number of nitrogens with one attached hydrogen (secondary N) is 2. The lowest BCUT2D eigenvalue weighted by molar-refractivity contribution is -0.149. The highest BCUT2D eigenvalue weighted by molar-refractivity contribution is 5.93. The van der Waals surface area contributed by atoms with Crippen molar-refractivity contribution in [1.82, 2.24) is 10.9 Å². The van der Waals surface area contributed by atoms with Crippen molar-refractivity contribution in [2.45, 2.75) is 43.9 Å². The Hall–Kier alpha value is -2.76. The van der Waals surface area contributed by atoms with E-state index in [0.29, 0.717) is 11.8 Å². The Morgan fingerprint density at radius 1 is 1.03 bits per heavy atom. The van der Waals surface area contributed by atoms with Crippen LogP contribution in [0.5, 0.6) is 5.75 Å². The van der Waals surface area contributed by atoms with E-state index in [1.807, 2.05) is 12.1 Å². The van der Waals surface area contributed by atoms with Gasteiger partial charge in [0, 0.05) is 0 Å². The molecule has 1 heterocycles. The van der Waals surface area contributed by atoms with Gasteiger partial charge in [-0.3, -0.25) is 20.4 Å². The topological polar surface area (TPSA) is 80.6 Å². The first-order valence-corrected chi connectivity index (χ1v) is 10.3. The third-order valence-electron chi connectivity index (χ3n) is 7.28. The second-order valence-electron chi connectivity index (χ2n) is 9.14. The number of rotatable bonds is 4. The first kappa shape index (κ1) is 18.3. The highest BCUT2D eigenvalue weighted by Gasteiger charge is 2.61. The number of hydrogen-bond acceptors (Lipinski definition) is 4. The SMILES string of the molecule is COc1ccc(C23CC4CC(CC(C(=O)NNC(=O)c5ccco5)(C4)C2)C3)cc1. The van der Waals surface area contributed by atoms with Gasteiger partial charge in [-0.25, -0.2) is 0 Å². The Labute approximate surface area is 170 Å². The lowest BCUT2D eigenvalue weighted by Gasteiger charge is -2.61. The number of carbonyl (C=O) groups excluding carboxylic acids is 2. The molecule has 2 aromatic rings. The van der Waals surface area contributed by atoms with Crippen molar-refractivity contribution in [2.75, 3.05) is 7.11 Å². The largest absolute Gasteiger partial charge is 0.497 e. The molecule has 1 aromatic heterocycles. The Kier molecular flexibility index (Phi) is 4.19. The van der Waals surface area contributed by atoms with Gasteiger partial charge in [-0.1, -0.05) is 12.1 Å². The fourth-order valence-electron chi connectivity index (χ4n) is 6.53. The molecule has 6 rings (SSSR count). The van der Waals surface area contributed by atoms with Crippen LogP contribution in [-0.2, 0) is 10.2 Å². The van der Waals surface area contributed by atoms with E-state index in [-0.39, 0.29) is 17.1 Å². The molecule has 4 saturated carbocycles. The average molecular weight is 394 g/mol. The highest BCUT2D eigenvalue weighted by atomic mass is 16.5. The van der Waals surface area contributed by atoms with Gasteiger partial charge in [0.25, 0.3) is 0 Å². The molecule has 2 amide bonds. The van der Waals surface area contributed by atoms with Crippen molar-refractivity contribution in [3.05, 3.63) is 54.0 Å². The van der Waals surface area contributed by atoms with Crippen LogP contribution in [0.25, 0.3) is 0 Å². The van der Waals surface area contributed by atoms with Gasteiger partial charge >= 0.3 is 5.91 Å². The van der Waals surface area contributed by atoms with Crippen molar-refractivity contribution >= 4 is 11.8 Å². The Balaban J connectivity index is 1.37. The zero-order valence-electron chi connectivity index (χ0n) is 16.6. The van der Waals surface area contributed by atoms with Crippen molar-refractivity contribution in [1.29, 1.82) is 0 Å².